The van der Waals surface area contributed by atoms with Crippen LogP contribution in [-0.2, 0) is 13.2 Å². The van der Waals surface area contributed by atoms with Crippen LogP contribution in [0.3, 0.4) is 0 Å². The minimum Gasteiger partial charge on any atom is -0.472 e. The molecule has 0 bridgehead atoms. The van der Waals surface area contributed by atoms with Crippen molar-refractivity contribution < 1.29 is 13.5 Å². The number of nitrogens with zero attached hydrogens (tertiary/aromatic N) is 5. The van der Waals surface area contributed by atoms with Crippen molar-refractivity contribution in [3.8, 4) is 5.88 Å². The zero-order valence-corrected chi connectivity index (χ0v) is 19.6. The van der Waals surface area contributed by atoms with Crippen molar-refractivity contribution in [1.82, 2.24) is 20.1 Å². The largest absolute Gasteiger partial charge is 0.472 e. The Hall–Kier alpha value is -3.33. The summed E-state index contributed by atoms with van der Waals surface area (Å²) in [7, 11) is 0. The van der Waals surface area contributed by atoms with Gasteiger partial charge in [0.2, 0.25) is 5.88 Å². The Labute approximate surface area is 204 Å². The summed E-state index contributed by atoms with van der Waals surface area (Å²) in [6.45, 7) is 5.33. The Balaban J connectivity index is 1.06. The van der Waals surface area contributed by atoms with Crippen LogP contribution in [0.1, 0.15) is 42.5 Å². The first-order valence-corrected chi connectivity index (χ1v) is 12.2. The van der Waals surface area contributed by atoms with Crippen molar-refractivity contribution in [3.63, 3.8) is 0 Å². The Morgan fingerprint density at radius 3 is 2.29 bits per heavy atom. The van der Waals surface area contributed by atoms with Gasteiger partial charge in [-0.2, -0.15) is 0 Å². The second kappa shape index (κ2) is 10.9. The van der Waals surface area contributed by atoms with E-state index in [2.05, 4.69) is 54.6 Å². The van der Waals surface area contributed by atoms with Gasteiger partial charge in [0.25, 0.3) is 6.43 Å². The highest BCUT2D eigenvalue weighted by Crippen LogP contribution is 2.27. The van der Waals surface area contributed by atoms with E-state index < -0.39 is 6.43 Å². The van der Waals surface area contributed by atoms with E-state index in [1.54, 1.807) is 18.2 Å². The van der Waals surface area contributed by atoms with Gasteiger partial charge in [-0.25, -0.2) is 8.78 Å². The summed E-state index contributed by atoms with van der Waals surface area (Å²) in [4.78, 5) is 8.85. The van der Waals surface area contributed by atoms with Gasteiger partial charge >= 0.3 is 0 Å². The molecule has 0 spiro atoms. The van der Waals surface area contributed by atoms with E-state index in [0.29, 0.717) is 23.8 Å². The van der Waals surface area contributed by atoms with Crippen molar-refractivity contribution in [3.05, 3.63) is 71.5 Å². The van der Waals surface area contributed by atoms with E-state index in [4.69, 9.17) is 4.74 Å². The smallest absolute Gasteiger partial charge is 0.280 e. The molecule has 1 N–H and O–H groups in total. The summed E-state index contributed by atoms with van der Waals surface area (Å²) in [6.07, 6.45) is 2.94. The van der Waals surface area contributed by atoms with E-state index in [9.17, 15) is 8.78 Å². The summed E-state index contributed by atoms with van der Waals surface area (Å²) >= 11 is 0. The lowest BCUT2D eigenvalue weighted by Gasteiger charge is -2.43. The molecule has 0 atom stereocenters. The van der Waals surface area contributed by atoms with Crippen LogP contribution in [0.15, 0.2) is 54.7 Å². The summed E-state index contributed by atoms with van der Waals surface area (Å²) in [6, 6.07) is 15.9. The van der Waals surface area contributed by atoms with Crippen LogP contribution >= 0.6 is 0 Å². The quantitative estimate of drug-likeness (QED) is 0.477. The van der Waals surface area contributed by atoms with Crippen molar-refractivity contribution in [2.24, 2.45) is 0 Å². The molecule has 2 aromatic heterocycles. The van der Waals surface area contributed by atoms with E-state index >= 15 is 0 Å². The molecule has 3 aromatic rings. The number of pyridine rings is 1. The SMILES string of the molecule is FC(F)c1ccc(COc2ccc(NCc3ccc(N4CCN(C5CCC5)CC4)cc3)nn2)cn1. The number of hydrogen-bond donors (Lipinski definition) is 1. The number of alkyl halides is 2. The minimum absolute atomic E-state index is 0.181. The lowest BCUT2D eigenvalue weighted by atomic mass is 9.91. The molecule has 1 saturated carbocycles. The molecule has 0 unspecified atom stereocenters. The molecule has 0 amide bonds. The van der Waals surface area contributed by atoms with Gasteiger partial charge in [0.15, 0.2) is 0 Å². The highest BCUT2D eigenvalue weighted by molar-refractivity contribution is 5.48. The topological polar surface area (TPSA) is 66.4 Å². The first-order chi connectivity index (χ1) is 17.1. The average molecular weight is 481 g/mol. The monoisotopic (exact) mass is 480 g/mol. The van der Waals surface area contributed by atoms with Gasteiger partial charge in [-0.3, -0.25) is 9.88 Å². The number of aromatic nitrogens is 3. The Kier molecular flexibility index (Phi) is 7.32. The highest BCUT2D eigenvalue weighted by Gasteiger charge is 2.27. The van der Waals surface area contributed by atoms with E-state index in [1.165, 1.54) is 42.8 Å². The van der Waals surface area contributed by atoms with Crippen molar-refractivity contribution in [2.45, 2.75) is 44.9 Å². The molecule has 5 rings (SSSR count). The van der Waals surface area contributed by atoms with Crippen LogP contribution in [0.4, 0.5) is 20.3 Å². The van der Waals surface area contributed by atoms with Crippen molar-refractivity contribution in [2.75, 3.05) is 36.4 Å². The summed E-state index contributed by atoms with van der Waals surface area (Å²) in [5, 5.41) is 11.5. The predicted molar refractivity (Wildman–Crippen MR) is 131 cm³/mol. The maximum absolute atomic E-state index is 12.6. The highest BCUT2D eigenvalue weighted by atomic mass is 19.3. The second-order valence-electron chi connectivity index (χ2n) is 9.07. The van der Waals surface area contributed by atoms with Crippen LogP contribution in [0.2, 0.25) is 0 Å². The molecule has 0 radical (unpaired) electrons. The van der Waals surface area contributed by atoms with Gasteiger partial charge < -0.3 is 15.0 Å². The molecule has 3 heterocycles. The number of halogens is 2. The van der Waals surface area contributed by atoms with Gasteiger partial charge in [-0.15, -0.1) is 10.2 Å². The first-order valence-electron chi connectivity index (χ1n) is 12.2. The Bertz CT molecular complexity index is 1070. The lowest BCUT2D eigenvalue weighted by Crippen LogP contribution is -2.52. The van der Waals surface area contributed by atoms with Gasteiger partial charge in [-0.1, -0.05) is 24.6 Å². The molecule has 9 heteroatoms. The number of nitrogens with one attached hydrogen (secondary N) is 1. The molecule has 1 aliphatic carbocycles. The van der Waals surface area contributed by atoms with Gasteiger partial charge in [0, 0.05) is 62.3 Å². The summed E-state index contributed by atoms with van der Waals surface area (Å²) in [5.41, 5.74) is 2.88. The van der Waals surface area contributed by atoms with Crippen LogP contribution in [0.5, 0.6) is 5.88 Å². The van der Waals surface area contributed by atoms with Crippen LogP contribution in [-0.4, -0.2) is 52.3 Å². The minimum atomic E-state index is -2.58. The zero-order valence-electron chi connectivity index (χ0n) is 19.6. The first kappa shape index (κ1) is 23.4. The van der Waals surface area contributed by atoms with Gasteiger partial charge in [-0.05, 0) is 42.7 Å². The molecule has 2 fully saturated rings. The molecule has 2 aliphatic rings. The van der Waals surface area contributed by atoms with E-state index in [1.807, 2.05) is 0 Å². The fourth-order valence-electron chi connectivity index (χ4n) is 4.41. The van der Waals surface area contributed by atoms with Gasteiger partial charge in [0.05, 0.1) is 0 Å². The number of benzene rings is 1. The normalized spacial score (nSPS) is 16.8. The van der Waals surface area contributed by atoms with Crippen molar-refractivity contribution in [1.29, 1.82) is 0 Å². The molecule has 7 nitrogen and oxygen atoms in total. The van der Waals surface area contributed by atoms with Gasteiger partial charge in [0.1, 0.15) is 18.1 Å². The van der Waals surface area contributed by atoms with E-state index in [0.717, 1.165) is 32.2 Å². The summed E-state index contributed by atoms with van der Waals surface area (Å²) in [5.74, 6) is 1.01. The number of rotatable bonds is 9. The number of hydrogen-bond acceptors (Lipinski definition) is 7. The fourth-order valence-corrected chi connectivity index (χ4v) is 4.41. The second-order valence-corrected chi connectivity index (χ2v) is 9.07. The average Bonchev–Trinajstić information content (AvgIpc) is 2.87. The molecule has 1 aromatic carbocycles. The Morgan fingerprint density at radius 1 is 0.914 bits per heavy atom. The standard InChI is InChI=1S/C26H30F2N6O/c27-26(28)23-9-6-20(17-29-23)18-35-25-11-10-24(31-32-25)30-16-19-4-7-22(8-5-19)34-14-12-33(13-15-34)21-2-1-3-21/h4-11,17,21,26H,1-3,12-16,18H2,(H,30,31). The third kappa shape index (κ3) is 6.03. The van der Waals surface area contributed by atoms with E-state index in [-0.39, 0.29) is 12.3 Å². The number of anilines is 2. The van der Waals surface area contributed by atoms with Crippen LogP contribution < -0.4 is 15.0 Å². The molecular weight excluding hydrogens is 450 g/mol. The lowest BCUT2D eigenvalue weighted by molar-refractivity contribution is 0.120. The number of ether oxygens (including phenoxy) is 1. The van der Waals surface area contributed by atoms with Crippen molar-refractivity contribution >= 4 is 11.5 Å². The third-order valence-electron chi connectivity index (χ3n) is 6.78. The number of piperazine rings is 1. The predicted octanol–water partition coefficient (Wildman–Crippen LogP) is 4.67. The molecule has 184 valence electrons. The zero-order chi connectivity index (χ0) is 24.0. The maximum atomic E-state index is 12.6. The molecule has 1 aliphatic heterocycles. The third-order valence-corrected chi connectivity index (χ3v) is 6.78. The summed E-state index contributed by atoms with van der Waals surface area (Å²) < 4.78 is 30.7. The van der Waals surface area contributed by atoms with Crippen LogP contribution in [0.25, 0.3) is 0 Å². The molecule has 1 saturated heterocycles. The fraction of sp³-hybridized carbons (Fsp3) is 0.423. The molecule has 35 heavy (non-hydrogen) atoms. The van der Waals surface area contributed by atoms with Crippen LogP contribution in [0, 0.1) is 0 Å². The Morgan fingerprint density at radius 2 is 1.69 bits per heavy atom. The molecular formula is C26H30F2N6O. The maximum Gasteiger partial charge on any atom is 0.280 e.